The lowest BCUT2D eigenvalue weighted by Gasteiger charge is -2.24. The minimum absolute atomic E-state index is 0.147. The third kappa shape index (κ3) is 3.82. The van der Waals surface area contributed by atoms with Crippen molar-refractivity contribution in [2.45, 2.75) is 32.7 Å². The van der Waals surface area contributed by atoms with Gasteiger partial charge in [0.15, 0.2) is 0 Å². The molecule has 0 bridgehead atoms. The molecule has 0 aliphatic heterocycles. The van der Waals surface area contributed by atoms with Crippen molar-refractivity contribution in [2.24, 2.45) is 0 Å². The Morgan fingerprint density at radius 2 is 2.12 bits per heavy atom. The topological polar surface area (TPSA) is 92.2 Å². The summed E-state index contributed by atoms with van der Waals surface area (Å²) in [5.41, 5.74) is 0.0974. The van der Waals surface area contributed by atoms with Crippen LogP contribution in [0.4, 0.5) is 0 Å². The molecule has 2 N–H and O–H groups in total. The standard InChI is InChI=1S/C11H15N3O3/c1-7-8(5-12-6-13-7)10(17)14-11(2,3)4-9(15)16/h5-6H,4H2,1-3H3,(H,14,17)(H,15,16). The number of nitrogens with one attached hydrogen (secondary N) is 1. The first-order valence-electron chi connectivity index (χ1n) is 5.13. The van der Waals surface area contributed by atoms with Gasteiger partial charge >= 0.3 is 5.97 Å². The van der Waals surface area contributed by atoms with Gasteiger partial charge < -0.3 is 10.4 Å². The predicted octanol–water partition coefficient (Wildman–Crippen LogP) is 0.768. The van der Waals surface area contributed by atoms with Crippen molar-refractivity contribution in [1.29, 1.82) is 0 Å². The third-order valence-electron chi connectivity index (χ3n) is 2.20. The number of aryl methyl sites for hydroxylation is 1. The molecule has 0 aliphatic carbocycles. The maximum atomic E-state index is 11.9. The van der Waals surface area contributed by atoms with Crippen LogP contribution >= 0.6 is 0 Å². The average molecular weight is 237 g/mol. The van der Waals surface area contributed by atoms with Crippen molar-refractivity contribution in [3.63, 3.8) is 0 Å². The van der Waals surface area contributed by atoms with E-state index < -0.39 is 11.5 Å². The Morgan fingerprint density at radius 1 is 1.47 bits per heavy atom. The fourth-order valence-corrected chi connectivity index (χ4v) is 1.41. The quantitative estimate of drug-likeness (QED) is 0.806. The Balaban J connectivity index is 2.79. The van der Waals surface area contributed by atoms with Crippen molar-refractivity contribution in [1.82, 2.24) is 15.3 Å². The molecule has 92 valence electrons. The van der Waals surface area contributed by atoms with Crippen LogP contribution in [0, 0.1) is 6.92 Å². The number of hydrogen-bond acceptors (Lipinski definition) is 4. The first-order valence-corrected chi connectivity index (χ1v) is 5.13. The maximum absolute atomic E-state index is 11.9. The van der Waals surface area contributed by atoms with E-state index in [1.54, 1.807) is 20.8 Å². The highest BCUT2D eigenvalue weighted by Crippen LogP contribution is 2.10. The number of carboxylic acids is 1. The molecule has 6 heteroatoms. The third-order valence-corrected chi connectivity index (χ3v) is 2.20. The molecule has 0 aliphatic rings. The number of aromatic nitrogens is 2. The summed E-state index contributed by atoms with van der Waals surface area (Å²) in [6, 6.07) is 0. The lowest BCUT2D eigenvalue weighted by atomic mass is 10.00. The lowest BCUT2D eigenvalue weighted by Crippen LogP contribution is -2.45. The molecule has 1 heterocycles. The van der Waals surface area contributed by atoms with E-state index in [2.05, 4.69) is 15.3 Å². The van der Waals surface area contributed by atoms with Crippen LogP contribution in [-0.2, 0) is 4.79 Å². The highest BCUT2D eigenvalue weighted by molar-refractivity contribution is 5.95. The maximum Gasteiger partial charge on any atom is 0.305 e. The van der Waals surface area contributed by atoms with Crippen LogP contribution in [0.1, 0.15) is 36.3 Å². The lowest BCUT2D eigenvalue weighted by molar-refractivity contribution is -0.138. The van der Waals surface area contributed by atoms with Crippen LogP contribution < -0.4 is 5.32 Å². The van der Waals surface area contributed by atoms with Crippen LogP contribution in [0.2, 0.25) is 0 Å². The van der Waals surface area contributed by atoms with Crippen molar-refractivity contribution >= 4 is 11.9 Å². The highest BCUT2D eigenvalue weighted by Gasteiger charge is 2.25. The van der Waals surface area contributed by atoms with Gasteiger partial charge in [0.1, 0.15) is 6.33 Å². The van der Waals surface area contributed by atoms with E-state index in [9.17, 15) is 9.59 Å². The molecule has 0 fully saturated rings. The monoisotopic (exact) mass is 237 g/mol. The minimum atomic E-state index is -0.962. The fourth-order valence-electron chi connectivity index (χ4n) is 1.41. The van der Waals surface area contributed by atoms with Crippen LogP contribution in [-0.4, -0.2) is 32.5 Å². The summed E-state index contributed by atoms with van der Waals surface area (Å²) in [6.45, 7) is 5.00. The van der Waals surface area contributed by atoms with Gasteiger partial charge in [0.05, 0.1) is 17.7 Å². The second-order valence-electron chi connectivity index (χ2n) is 4.43. The van der Waals surface area contributed by atoms with Crippen molar-refractivity contribution in [3.05, 3.63) is 23.8 Å². The van der Waals surface area contributed by atoms with Crippen molar-refractivity contribution in [2.75, 3.05) is 0 Å². The molecule has 1 amide bonds. The van der Waals surface area contributed by atoms with Gasteiger partial charge in [-0.05, 0) is 20.8 Å². The van der Waals surface area contributed by atoms with Crippen LogP contribution in [0.5, 0.6) is 0 Å². The zero-order valence-corrected chi connectivity index (χ0v) is 10.0. The van der Waals surface area contributed by atoms with Gasteiger partial charge in [-0.25, -0.2) is 9.97 Å². The normalized spacial score (nSPS) is 11.0. The van der Waals surface area contributed by atoms with E-state index in [1.807, 2.05) is 0 Å². The molecule has 1 rings (SSSR count). The first-order chi connectivity index (χ1) is 7.82. The largest absolute Gasteiger partial charge is 0.481 e. The molecule has 0 saturated heterocycles. The molecule has 0 radical (unpaired) electrons. The molecular formula is C11H15N3O3. The highest BCUT2D eigenvalue weighted by atomic mass is 16.4. The van der Waals surface area contributed by atoms with E-state index in [0.29, 0.717) is 11.3 Å². The van der Waals surface area contributed by atoms with Crippen LogP contribution in [0.25, 0.3) is 0 Å². The summed E-state index contributed by atoms with van der Waals surface area (Å²) >= 11 is 0. The van der Waals surface area contributed by atoms with Gasteiger partial charge in [-0.1, -0.05) is 0 Å². The molecule has 1 aromatic rings. The number of carbonyl (C=O) groups excluding carboxylic acids is 1. The summed E-state index contributed by atoms with van der Waals surface area (Å²) in [5, 5.41) is 11.4. The van der Waals surface area contributed by atoms with E-state index in [4.69, 9.17) is 5.11 Å². The smallest absolute Gasteiger partial charge is 0.305 e. The van der Waals surface area contributed by atoms with Gasteiger partial charge in [0.2, 0.25) is 0 Å². The zero-order valence-electron chi connectivity index (χ0n) is 10.0. The molecule has 6 nitrogen and oxygen atoms in total. The Bertz CT molecular complexity index is 443. The number of carbonyl (C=O) groups is 2. The minimum Gasteiger partial charge on any atom is -0.481 e. The van der Waals surface area contributed by atoms with Crippen LogP contribution in [0.3, 0.4) is 0 Å². The van der Waals surface area contributed by atoms with E-state index in [0.717, 1.165) is 0 Å². The van der Waals surface area contributed by atoms with Gasteiger partial charge in [-0.3, -0.25) is 9.59 Å². The number of aliphatic carboxylic acids is 1. The van der Waals surface area contributed by atoms with Gasteiger partial charge in [-0.2, -0.15) is 0 Å². The summed E-state index contributed by atoms with van der Waals surface area (Å²) in [5.74, 6) is -1.33. The molecule has 0 unspecified atom stereocenters. The predicted molar refractivity (Wildman–Crippen MR) is 60.6 cm³/mol. The summed E-state index contributed by atoms with van der Waals surface area (Å²) in [4.78, 5) is 30.2. The molecule has 1 aromatic heterocycles. The fraction of sp³-hybridized carbons (Fsp3) is 0.455. The summed E-state index contributed by atoms with van der Waals surface area (Å²) in [6.07, 6.45) is 2.62. The van der Waals surface area contributed by atoms with Gasteiger partial charge in [0.25, 0.3) is 5.91 Å². The average Bonchev–Trinajstić information content (AvgIpc) is 2.14. The molecule has 0 saturated carbocycles. The van der Waals surface area contributed by atoms with Crippen molar-refractivity contribution in [3.8, 4) is 0 Å². The molecule has 17 heavy (non-hydrogen) atoms. The Hall–Kier alpha value is -1.98. The van der Waals surface area contributed by atoms with Gasteiger partial charge in [-0.15, -0.1) is 0 Å². The summed E-state index contributed by atoms with van der Waals surface area (Å²) in [7, 11) is 0. The SMILES string of the molecule is Cc1ncncc1C(=O)NC(C)(C)CC(=O)O. The van der Waals surface area contributed by atoms with Crippen LogP contribution in [0.15, 0.2) is 12.5 Å². The first kappa shape index (κ1) is 13.1. The number of carboxylic acid groups (broad SMARTS) is 1. The second-order valence-corrected chi connectivity index (χ2v) is 4.43. The van der Waals surface area contributed by atoms with E-state index in [-0.39, 0.29) is 12.3 Å². The number of rotatable bonds is 4. The molecule has 0 spiro atoms. The number of amides is 1. The van der Waals surface area contributed by atoms with Crippen molar-refractivity contribution < 1.29 is 14.7 Å². The molecule has 0 atom stereocenters. The van der Waals surface area contributed by atoms with E-state index in [1.165, 1.54) is 12.5 Å². The number of hydrogen-bond donors (Lipinski definition) is 2. The molecule has 0 aromatic carbocycles. The summed E-state index contributed by atoms with van der Waals surface area (Å²) < 4.78 is 0. The Kier molecular flexibility index (Phi) is 3.77. The molecular weight excluding hydrogens is 222 g/mol. The van der Waals surface area contributed by atoms with E-state index >= 15 is 0 Å². The Labute approximate surface area is 99.1 Å². The van der Waals surface area contributed by atoms with Gasteiger partial charge in [0, 0.05) is 11.7 Å². The second kappa shape index (κ2) is 4.90. The number of nitrogens with zero attached hydrogens (tertiary/aromatic N) is 2. The zero-order chi connectivity index (χ0) is 13.1. The Morgan fingerprint density at radius 3 is 2.65 bits per heavy atom.